The molecule has 0 spiro atoms. The van der Waals surface area contributed by atoms with Gasteiger partial charge in [0.2, 0.25) is 0 Å². The van der Waals surface area contributed by atoms with Gasteiger partial charge < -0.3 is 31.7 Å². The van der Waals surface area contributed by atoms with Crippen molar-refractivity contribution < 1.29 is 20.1 Å². The molecule has 9 heteroatoms. The van der Waals surface area contributed by atoms with E-state index in [0.29, 0.717) is 18.8 Å². The Morgan fingerprint density at radius 1 is 1.13 bits per heavy atom. The molecule has 30 heavy (non-hydrogen) atoms. The molecule has 8 nitrogen and oxygen atoms in total. The molecule has 3 aromatic rings. The summed E-state index contributed by atoms with van der Waals surface area (Å²) in [4.78, 5) is 15.9. The summed E-state index contributed by atoms with van der Waals surface area (Å²) in [6.45, 7) is 1.13. The van der Waals surface area contributed by atoms with E-state index in [1.807, 2.05) is 42.5 Å². The molecule has 3 rings (SSSR count). The summed E-state index contributed by atoms with van der Waals surface area (Å²) in [6, 6.07) is 16.5. The molecule has 0 aliphatic rings. The summed E-state index contributed by atoms with van der Waals surface area (Å²) in [5.74, 6) is -3.78. The highest BCUT2D eigenvalue weighted by Gasteiger charge is 2.38. The normalized spacial score (nSPS) is 12.5. The molecule has 1 amide bonds. The minimum atomic E-state index is -2.77. The molecule has 7 N–H and O–H groups in total. The molecule has 0 aliphatic heterocycles. The number of aliphatic hydroxyl groups is 3. The molecule has 158 valence electrons. The molecule has 0 bridgehead atoms. The summed E-state index contributed by atoms with van der Waals surface area (Å²) >= 11 is 1.01. The number of thiazole rings is 1. The molecular weight excluding hydrogens is 404 g/mol. The molecule has 0 aliphatic carbocycles. The average molecular weight is 429 g/mol. The standard InChI is InChI=1S/C21H24N4O4S/c22-20-25-18(13-30-20)21(28,29)19(27)24-16-8-6-14(7-9-16)10-11-23-12-17(26)15-4-2-1-3-5-15/h1-9,13,17,23,26,28-29H,10-12H2,(H2,22,25)(H,24,27). The van der Waals surface area contributed by atoms with Gasteiger partial charge in [-0.2, -0.15) is 0 Å². The van der Waals surface area contributed by atoms with E-state index in [4.69, 9.17) is 5.73 Å². The zero-order chi connectivity index (χ0) is 21.6. The Hall–Kier alpha value is -2.82. The van der Waals surface area contributed by atoms with Crippen molar-refractivity contribution in [2.75, 3.05) is 24.1 Å². The zero-order valence-corrected chi connectivity index (χ0v) is 17.0. The number of nitrogen functional groups attached to an aromatic ring is 1. The van der Waals surface area contributed by atoms with Gasteiger partial charge in [-0.3, -0.25) is 4.79 Å². The monoisotopic (exact) mass is 428 g/mol. The number of hydrogen-bond acceptors (Lipinski definition) is 8. The first kappa shape index (κ1) is 21.9. The molecular formula is C21H24N4O4S. The second-order valence-corrected chi connectivity index (χ2v) is 7.66. The van der Waals surface area contributed by atoms with Crippen LogP contribution in [0.3, 0.4) is 0 Å². The molecule has 0 saturated carbocycles. The van der Waals surface area contributed by atoms with Crippen molar-refractivity contribution in [2.24, 2.45) is 0 Å². The first-order valence-electron chi connectivity index (χ1n) is 9.36. The van der Waals surface area contributed by atoms with Gasteiger partial charge in [-0.15, -0.1) is 11.3 Å². The van der Waals surface area contributed by atoms with E-state index in [-0.39, 0.29) is 10.8 Å². The Balaban J connectivity index is 1.46. The minimum Gasteiger partial charge on any atom is -0.387 e. The average Bonchev–Trinajstić information content (AvgIpc) is 3.20. The fourth-order valence-electron chi connectivity index (χ4n) is 2.80. The molecule has 0 radical (unpaired) electrons. The Morgan fingerprint density at radius 2 is 1.83 bits per heavy atom. The molecule has 0 fully saturated rings. The Labute approximate surface area is 178 Å². The van der Waals surface area contributed by atoms with Crippen LogP contribution in [-0.4, -0.2) is 39.3 Å². The SMILES string of the molecule is Nc1nc(C(O)(O)C(=O)Nc2ccc(CCNCC(O)c3ccccc3)cc2)cs1. The summed E-state index contributed by atoms with van der Waals surface area (Å²) in [5.41, 5.74) is 7.58. The predicted molar refractivity (Wildman–Crippen MR) is 116 cm³/mol. The Bertz CT molecular complexity index is 961. The predicted octanol–water partition coefficient (Wildman–Crippen LogP) is 1.37. The van der Waals surface area contributed by atoms with E-state index in [9.17, 15) is 20.1 Å². The maximum Gasteiger partial charge on any atom is 0.291 e. The number of aromatic nitrogens is 1. The van der Waals surface area contributed by atoms with Crippen LogP contribution >= 0.6 is 11.3 Å². The molecule has 1 unspecified atom stereocenters. The van der Waals surface area contributed by atoms with Gasteiger partial charge in [-0.1, -0.05) is 42.5 Å². The lowest BCUT2D eigenvalue weighted by Crippen LogP contribution is -2.40. The first-order chi connectivity index (χ1) is 14.4. The van der Waals surface area contributed by atoms with Gasteiger partial charge in [0.1, 0.15) is 5.69 Å². The van der Waals surface area contributed by atoms with Crippen LogP contribution in [0, 0.1) is 0 Å². The lowest BCUT2D eigenvalue weighted by molar-refractivity contribution is -0.185. The summed E-state index contributed by atoms with van der Waals surface area (Å²) in [6.07, 6.45) is 0.173. The second kappa shape index (κ2) is 9.79. The number of hydrogen-bond donors (Lipinski definition) is 6. The number of nitrogens with zero attached hydrogens (tertiary/aromatic N) is 1. The number of nitrogens with two attached hydrogens (primary N) is 1. The number of anilines is 2. The van der Waals surface area contributed by atoms with Crippen molar-refractivity contribution in [3.63, 3.8) is 0 Å². The van der Waals surface area contributed by atoms with E-state index in [2.05, 4.69) is 15.6 Å². The van der Waals surface area contributed by atoms with E-state index in [0.717, 1.165) is 28.9 Å². The topological polar surface area (TPSA) is 141 Å². The third kappa shape index (κ3) is 5.62. The number of nitrogens with one attached hydrogen (secondary N) is 2. The Kier molecular flexibility index (Phi) is 7.14. The molecule has 1 aromatic heterocycles. The summed E-state index contributed by atoms with van der Waals surface area (Å²) in [7, 11) is 0. The van der Waals surface area contributed by atoms with Gasteiger partial charge in [0, 0.05) is 17.6 Å². The number of aliphatic hydroxyl groups excluding tert-OH is 1. The van der Waals surface area contributed by atoms with E-state index < -0.39 is 17.8 Å². The molecule has 1 heterocycles. The van der Waals surface area contributed by atoms with Crippen molar-refractivity contribution in [1.82, 2.24) is 10.3 Å². The summed E-state index contributed by atoms with van der Waals surface area (Å²) < 4.78 is 0. The van der Waals surface area contributed by atoms with Crippen molar-refractivity contribution in [3.05, 3.63) is 76.8 Å². The lowest BCUT2D eigenvalue weighted by Gasteiger charge is -2.18. The van der Waals surface area contributed by atoms with Crippen LogP contribution in [0.4, 0.5) is 10.8 Å². The lowest BCUT2D eigenvalue weighted by atomic mass is 10.1. The highest BCUT2D eigenvalue weighted by Crippen LogP contribution is 2.23. The highest BCUT2D eigenvalue weighted by molar-refractivity contribution is 7.13. The van der Waals surface area contributed by atoms with Crippen molar-refractivity contribution >= 4 is 28.1 Å². The second-order valence-electron chi connectivity index (χ2n) is 6.77. The molecule has 2 aromatic carbocycles. The summed E-state index contributed by atoms with van der Waals surface area (Å²) in [5, 5.41) is 37.4. The van der Waals surface area contributed by atoms with E-state index >= 15 is 0 Å². The van der Waals surface area contributed by atoms with Crippen LogP contribution in [0.1, 0.15) is 22.9 Å². The fraction of sp³-hybridized carbons (Fsp3) is 0.238. The maximum atomic E-state index is 12.2. The number of carbonyl (C=O) groups excluding carboxylic acids is 1. The molecule has 0 saturated heterocycles. The third-order valence-electron chi connectivity index (χ3n) is 4.52. The van der Waals surface area contributed by atoms with Crippen molar-refractivity contribution in [2.45, 2.75) is 18.3 Å². The van der Waals surface area contributed by atoms with Crippen LogP contribution in [0.25, 0.3) is 0 Å². The van der Waals surface area contributed by atoms with E-state index in [1.165, 1.54) is 5.38 Å². The number of amides is 1. The number of rotatable bonds is 9. The van der Waals surface area contributed by atoms with Gasteiger partial charge in [0.25, 0.3) is 11.7 Å². The largest absolute Gasteiger partial charge is 0.387 e. The zero-order valence-electron chi connectivity index (χ0n) is 16.2. The van der Waals surface area contributed by atoms with Crippen molar-refractivity contribution in [3.8, 4) is 0 Å². The van der Waals surface area contributed by atoms with Crippen LogP contribution < -0.4 is 16.4 Å². The highest BCUT2D eigenvalue weighted by atomic mass is 32.1. The fourth-order valence-corrected chi connectivity index (χ4v) is 3.40. The van der Waals surface area contributed by atoms with Crippen LogP contribution in [0.2, 0.25) is 0 Å². The third-order valence-corrected chi connectivity index (χ3v) is 5.19. The van der Waals surface area contributed by atoms with Crippen LogP contribution in [0.15, 0.2) is 60.0 Å². The number of benzene rings is 2. The van der Waals surface area contributed by atoms with Gasteiger partial charge in [-0.05, 0) is 36.2 Å². The first-order valence-corrected chi connectivity index (χ1v) is 10.2. The van der Waals surface area contributed by atoms with Gasteiger partial charge in [0.15, 0.2) is 5.13 Å². The smallest absolute Gasteiger partial charge is 0.291 e. The van der Waals surface area contributed by atoms with E-state index in [1.54, 1.807) is 12.1 Å². The van der Waals surface area contributed by atoms with Crippen molar-refractivity contribution in [1.29, 1.82) is 0 Å². The maximum absolute atomic E-state index is 12.2. The minimum absolute atomic E-state index is 0.138. The van der Waals surface area contributed by atoms with Gasteiger partial charge in [-0.25, -0.2) is 4.98 Å². The van der Waals surface area contributed by atoms with Crippen LogP contribution in [-0.2, 0) is 17.0 Å². The van der Waals surface area contributed by atoms with Crippen LogP contribution in [0.5, 0.6) is 0 Å². The number of carbonyl (C=O) groups is 1. The van der Waals surface area contributed by atoms with Gasteiger partial charge in [0.05, 0.1) is 6.10 Å². The van der Waals surface area contributed by atoms with Gasteiger partial charge >= 0.3 is 0 Å². The quantitative estimate of drug-likeness (QED) is 0.223. The Morgan fingerprint density at radius 3 is 2.47 bits per heavy atom. The molecule has 1 atom stereocenters.